The summed E-state index contributed by atoms with van der Waals surface area (Å²) in [6.07, 6.45) is 0.172. The van der Waals surface area contributed by atoms with E-state index in [0.717, 1.165) is 11.4 Å². The summed E-state index contributed by atoms with van der Waals surface area (Å²) in [6.45, 7) is 11.8. The van der Waals surface area contributed by atoms with Crippen molar-refractivity contribution in [3.8, 4) is 0 Å². The van der Waals surface area contributed by atoms with Crippen LogP contribution in [0.5, 0.6) is 0 Å². The number of aliphatic hydroxyl groups is 1. The minimum atomic E-state index is -0.539. The Morgan fingerprint density at radius 1 is 1.43 bits per heavy atom. The van der Waals surface area contributed by atoms with E-state index in [2.05, 4.69) is 24.3 Å². The Labute approximate surface area is 139 Å². The SMILES string of the molecule is Cc1cc(CC(CO)(CNC(=O)OC(C)(C)C)C(C)C)n(C)n1. The molecule has 1 amide bonds. The summed E-state index contributed by atoms with van der Waals surface area (Å²) in [5, 5.41) is 17.2. The predicted octanol–water partition coefficient (Wildman–Crippen LogP) is 2.43. The first kappa shape index (κ1) is 19.5. The van der Waals surface area contributed by atoms with E-state index >= 15 is 0 Å². The van der Waals surface area contributed by atoms with E-state index in [1.807, 2.05) is 45.5 Å². The summed E-state index contributed by atoms with van der Waals surface area (Å²) in [7, 11) is 1.89. The summed E-state index contributed by atoms with van der Waals surface area (Å²) < 4.78 is 7.12. The van der Waals surface area contributed by atoms with Crippen molar-refractivity contribution >= 4 is 6.09 Å². The summed E-state index contributed by atoms with van der Waals surface area (Å²) in [5.74, 6) is 0.178. The molecule has 0 aliphatic carbocycles. The van der Waals surface area contributed by atoms with E-state index in [0.29, 0.717) is 13.0 Å². The van der Waals surface area contributed by atoms with Gasteiger partial charge in [-0.05, 0) is 46.1 Å². The Hall–Kier alpha value is -1.56. The van der Waals surface area contributed by atoms with Crippen LogP contribution in [0.1, 0.15) is 46.0 Å². The number of aliphatic hydroxyl groups excluding tert-OH is 1. The normalized spacial score (nSPS) is 14.7. The van der Waals surface area contributed by atoms with Gasteiger partial charge in [-0.1, -0.05) is 13.8 Å². The van der Waals surface area contributed by atoms with Gasteiger partial charge in [0.2, 0.25) is 0 Å². The van der Waals surface area contributed by atoms with Crippen LogP contribution >= 0.6 is 0 Å². The molecule has 0 aliphatic rings. The topological polar surface area (TPSA) is 76.4 Å². The van der Waals surface area contributed by atoms with Crippen LogP contribution in [-0.4, -0.2) is 39.7 Å². The van der Waals surface area contributed by atoms with Crippen molar-refractivity contribution in [1.29, 1.82) is 0 Å². The Balaban J connectivity index is 2.86. The van der Waals surface area contributed by atoms with E-state index in [9.17, 15) is 9.90 Å². The molecule has 1 aromatic rings. The van der Waals surface area contributed by atoms with Crippen molar-refractivity contribution in [2.24, 2.45) is 18.4 Å². The lowest BCUT2D eigenvalue weighted by molar-refractivity contribution is 0.0389. The van der Waals surface area contributed by atoms with Gasteiger partial charge in [0.1, 0.15) is 5.60 Å². The number of hydrogen-bond acceptors (Lipinski definition) is 4. The summed E-state index contributed by atoms with van der Waals surface area (Å²) in [4.78, 5) is 11.9. The van der Waals surface area contributed by atoms with E-state index in [1.54, 1.807) is 0 Å². The fourth-order valence-electron chi connectivity index (χ4n) is 2.52. The van der Waals surface area contributed by atoms with E-state index in [-0.39, 0.29) is 12.5 Å². The molecule has 0 bridgehead atoms. The number of aryl methyl sites for hydroxylation is 2. The molecular weight excluding hydrogens is 294 g/mol. The number of amides is 1. The third-order valence-corrected chi connectivity index (χ3v) is 4.16. The molecule has 1 unspecified atom stereocenters. The zero-order chi connectivity index (χ0) is 17.8. The lowest BCUT2D eigenvalue weighted by atomic mass is 9.74. The van der Waals surface area contributed by atoms with Crippen molar-refractivity contribution in [1.82, 2.24) is 15.1 Å². The van der Waals surface area contributed by atoms with Gasteiger partial charge in [0.05, 0.1) is 12.3 Å². The number of nitrogens with one attached hydrogen (secondary N) is 1. The van der Waals surface area contributed by atoms with Gasteiger partial charge in [0.25, 0.3) is 0 Å². The van der Waals surface area contributed by atoms with E-state index in [1.165, 1.54) is 0 Å². The number of alkyl carbamates (subject to hydrolysis) is 1. The van der Waals surface area contributed by atoms with Crippen LogP contribution in [0.2, 0.25) is 0 Å². The Morgan fingerprint density at radius 3 is 2.43 bits per heavy atom. The van der Waals surface area contributed by atoms with Gasteiger partial charge in [0.15, 0.2) is 0 Å². The lowest BCUT2D eigenvalue weighted by Gasteiger charge is -2.36. The summed E-state index contributed by atoms with van der Waals surface area (Å²) in [5.41, 5.74) is 0.981. The maximum Gasteiger partial charge on any atom is 0.407 e. The second kappa shape index (κ2) is 7.34. The first-order valence-electron chi connectivity index (χ1n) is 8.06. The zero-order valence-corrected chi connectivity index (χ0v) is 15.4. The number of rotatable bonds is 6. The molecule has 1 rings (SSSR count). The predicted molar refractivity (Wildman–Crippen MR) is 90.2 cm³/mol. The van der Waals surface area contributed by atoms with Crippen molar-refractivity contribution in [2.75, 3.05) is 13.2 Å². The van der Waals surface area contributed by atoms with Crippen LogP contribution in [-0.2, 0) is 18.2 Å². The molecule has 1 atom stereocenters. The Morgan fingerprint density at radius 2 is 2.04 bits per heavy atom. The molecule has 6 heteroatoms. The largest absolute Gasteiger partial charge is 0.444 e. The number of carbonyl (C=O) groups is 1. The number of carbonyl (C=O) groups excluding carboxylic acids is 1. The maximum absolute atomic E-state index is 11.9. The average Bonchev–Trinajstić information content (AvgIpc) is 2.70. The highest BCUT2D eigenvalue weighted by atomic mass is 16.6. The minimum absolute atomic E-state index is 0.0231. The molecule has 23 heavy (non-hydrogen) atoms. The molecular formula is C17H31N3O3. The second-order valence-electron chi connectivity index (χ2n) is 7.61. The van der Waals surface area contributed by atoms with Gasteiger partial charge < -0.3 is 15.2 Å². The van der Waals surface area contributed by atoms with Crippen LogP contribution < -0.4 is 5.32 Å². The lowest BCUT2D eigenvalue weighted by Crippen LogP contribution is -2.46. The monoisotopic (exact) mass is 325 g/mol. The van der Waals surface area contributed by atoms with E-state index < -0.39 is 17.1 Å². The number of aromatic nitrogens is 2. The zero-order valence-electron chi connectivity index (χ0n) is 15.4. The van der Waals surface area contributed by atoms with Gasteiger partial charge >= 0.3 is 6.09 Å². The van der Waals surface area contributed by atoms with Crippen LogP contribution in [0.25, 0.3) is 0 Å². The van der Waals surface area contributed by atoms with Crippen molar-refractivity contribution in [3.05, 3.63) is 17.5 Å². The number of hydrogen-bond donors (Lipinski definition) is 2. The highest BCUT2D eigenvalue weighted by Gasteiger charge is 2.35. The Kier molecular flexibility index (Phi) is 6.22. The highest BCUT2D eigenvalue weighted by molar-refractivity contribution is 5.67. The summed E-state index contributed by atoms with van der Waals surface area (Å²) >= 11 is 0. The third kappa shape index (κ3) is 5.53. The molecule has 1 aromatic heterocycles. The first-order valence-corrected chi connectivity index (χ1v) is 8.06. The minimum Gasteiger partial charge on any atom is -0.444 e. The fraction of sp³-hybridized carbons (Fsp3) is 0.765. The van der Waals surface area contributed by atoms with Crippen molar-refractivity contribution in [2.45, 2.75) is 53.6 Å². The molecule has 1 heterocycles. The van der Waals surface area contributed by atoms with Crippen LogP contribution in [0.15, 0.2) is 6.07 Å². The molecule has 6 nitrogen and oxygen atoms in total. The molecule has 132 valence electrons. The quantitative estimate of drug-likeness (QED) is 0.842. The van der Waals surface area contributed by atoms with Gasteiger partial charge in [-0.2, -0.15) is 5.10 Å². The van der Waals surface area contributed by atoms with Crippen LogP contribution in [0.4, 0.5) is 4.79 Å². The smallest absolute Gasteiger partial charge is 0.407 e. The van der Waals surface area contributed by atoms with Crippen LogP contribution in [0.3, 0.4) is 0 Å². The number of nitrogens with zero attached hydrogens (tertiary/aromatic N) is 2. The fourth-order valence-corrected chi connectivity index (χ4v) is 2.52. The molecule has 0 aliphatic heterocycles. The maximum atomic E-state index is 11.9. The second-order valence-corrected chi connectivity index (χ2v) is 7.61. The molecule has 0 aromatic carbocycles. The molecule has 0 spiro atoms. The molecule has 0 fully saturated rings. The molecule has 0 radical (unpaired) electrons. The summed E-state index contributed by atoms with van der Waals surface area (Å²) in [6, 6.07) is 2.01. The van der Waals surface area contributed by atoms with E-state index in [4.69, 9.17) is 4.74 Å². The van der Waals surface area contributed by atoms with Crippen molar-refractivity contribution < 1.29 is 14.6 Å². The Bertz CT molecular complexity index is 532. The van der Waals surface area contributed by atoms with Gasteiger partial charge in [0, 0.05) is 24.7 Å². The standard InChI is InChI=1S/C17H31N3O3/c1-12(2)17(11-21,9-14-8-13(3)19-20(14)7)10-18-15(22)23-16(4,5)6/h8,12,21H,9-11H2,1-7H3,(H,18,22). The first-order chi connectivity index (χ1) is 10.5. The van der Waals surface area contributed by atoms with Crippen molar-refractivity contribution in [3.63, 3.8) is 0 Å². The molecule has 0 saturated carbocycles. The van der Waals surface area contributed by atoms with Gasteiger partial charge in [-0.3, -0.25) is 4.68 Å². The average molecular weight is 325 g/mol. The van der Waals surface area contributed by atoms with Gasteiger partial charge in [-0.15, -0.1) is 0 Å². The van der Waals surface area contributed by atoms with Gasteiger partial charge in [-0.25, -0.2) is 4.79 Å². The molecule has 0 saturated heterocycles. The molecule has 2 N–H and O–H groups in total. The third-order valence-electron chi connectivity index (χ3n) is 4.16. The number of ether oxygens (including phenoxy) is 1. The highest BCUT2D eigenvalue weighted by Crippen LogP contribution is 2.31. The van der Waals surface area contributed by atoms with Crippen LogP contribution in [0, 0.1) is 18.3 Å².